The lowest BCUT2D eigenvalue weighted by atomic mass is 9.63. The van der Waals surface area contributed by atoms with Gasteiger partial charge in [0.25, 0.3) is 0 Å². The Hall–Kier alpha value is -0.930. The Kier molecular flexibility index (Phi) is 4.82. The summed E-state index contributed by atoms with van der Waals surface area (Å²) in [6.45, 7) is 2.24. The van der Waals surface area contributed by atoms with E-state index in [1.807, 2.05) is 0 Å². The minimum Gasteiger partial charge on any atom is -0.385 e. The van der Waals surface area contributed by atoms with E-state index in [9.17, 15) is 9.50 Å². The SMILES string of the molecule is CC(O)(c1cccc(F)c1)C1(CN)CCCCCCC1. The fraction of sp³-hybridized carbons (Fsp3) is 0.647. The Morgan fingerprint density at radius 2 is 1.80 bits per heavy atom. The molecule has 1 fully saturated rings. The van der Waals surface area contributed by atoms with Gasteiger partial charge in [-0.3, -0.25) is 0 Å². The van der Waals surface area contributed by atoms with Gasteiger partial charge in [0.1, 0.15) is 5.82 Å². The van der Waals surface area contributed by atoms with Crippen LogP contribution in [0.2, 0.25) is 0 Å². The third-order valence-corrected chi connectivity index (χ3v) is 5.12. The van der Waals surface area contributed by atoms with Crippen molar-refractivity contribution in [2.24, 2.45) is 11.1 Å². The van der Waals surface area contributed by atoms with E-state index in [1.165, 1.54) is 31.4 Å². The lowest BCUT2D eigenvalue weighted by molar-refractivity contribution is -0.0865. The first-order chi connectivity index (χ1) is 9.52. The highest BCUT2D eigenvalue weighted by Crippen LogP contribution is 2.47. The molecule has 1 saturated carbocycles. The van der Waals surface area contributed by atoms with Gasteiger partial charge in [-0.25, -0.2) is 4.39 Å². The smallest absolute Gasteiger partial charge is 0.123 e. The van der Waals surface area contributed by atoms with Crippen LogP contribution in [0.25, 0.3) is 0 Å². The number of hydrogen-bond acceptors (Lipinski definition) is 2. The minimum absolute atomic E-state index is 0.305. The summed E-state index contributed by atoms with van der Waals surface area (Å²) in [6.07, 6.45) is 7.65. The Labute approximate surface area is 121 Å². The predicted octanol–water partition coefficient (Wildman–Crippen LogP) is 3.72. The van der Waals surface area contributed by atoms with Crippen LogP contribution in [-0.4, -0.2) is 11.7 Å². The normalized spacial score (nSPS) is 22.6. The van der Waals surface area contributed by atoms with Crippen LogP contribution in [0.5, 0.6) is 0 Å². The van der Waals surface area contributed by atoms with Gasteiger partial charge >= 0.3 is 0 Å². The summed E-state index contributed by atoms with van der Waals surface area (Å²) in [4.78, 5) is 0. The van der Waals surface area contributed by atoms with E-state index in [4.69, 9.17) is 5.73 Å². The van der Waals surface area contributed by atoms with Crippen molar-refractivity contribution in [1.29, 1.82) is 0 Å². The second kappa shape index (κ2) is 6.23. The van der Waals surface area contributed by atoms with Gasteiger partial charge in [0, 0.05) is 12.0 Å². The topological polar surface area (TPSA) is 46.2 Å². The maximum absolute atomic E-state index is 13.5. The van der Waals surface area contributed by atoms with Crippen LogP contribution in [-0.2, 0) is 5.60 Å². The highest BCUT2D eigenvalue weighted by atomic mass is 19.1. The van der Waals surface area contributed by atoms with Gasteiger partial charge in [-0.2, -0.15) is 0 Å². The summed E-state index contributed by atoms with van der Waals surface area (Å²) in [7, 11) is 0. The van der Waals surface area contributed by atoms with Crippen molar-refractivity contribution in [2.75, 3.05) is 6.54 Å². The van der Waals surface area contributed by atoms with Gasteiger partial charge in [0.15, 0.2) is 0 Å². The number of hydrogen-bond donors (Lipinski definition) is 2. The number of halogens is 1. The summed E-state index contributed by atoms with van der Waals surface area (Å²) in [5.74, 6) is -0.305. The molecule has 1 aliphatic rings. The molecule has 2 rings (SSSR count). The molecule has 1 atom stereocenters. The average Bonchev–Trinajstić information content (AvgIpc) is 2.39. The van der Waals surface area contributed by atoms with Crippen molar-refractivity contribution in [3.05, 3.63) is 35.6 Å². The number of benzene rings is 1. The van der Waals surface area contributed by atoms with Crippen molar-refractivity contribution in [2.45, 2.75) is 57.5 Å². The molecule has 0 heterocycles. The summed E-state index contributed by atoms with van der Waals surface area (Å²) < 4.78 is 13.5. The molecule has 112 valence electrons. The van der Waals surface area contributed by atoms with Crippen LogP contribution >= 0.6 is 0 Å². The maximum Gasteiger partial charge on any atom is 0.123 e. The second-order valence-corrected chi connectivity index (χ2v) is 6.33. The van der Waals surface area contributed by atoms with E-state index in [2.05, 4.69) is 0 Å². The van der Waals surface area contributed by atoms with E-state index in [-0.39, 0.29) is 11.2 Å². The van der Waals surface area contributed by atoms with E-state index >= 15 is 0 Å². The predicted molar refractivity (Wildman–Crippen MR) is 79.8 cm³/mol. The zero-order valence-corrected chi connectivity index (χ0v) is 12.4. The maximum atomic E-state index is 13.5. The minimum atomic E-state index is -1.08. The van der Waals surface area contributed by atoms with Crippen molar-refractivity contribution in [3.63, 3.8) is 0 Å². The lowest BCUT2D eigenvalue weighted by Gasteiger charge is -2.46. The molecule has 0 saturated heterocycles. The Balaban J connectivity index is 2.36. The molecule has 0 bridgehead atoms. The molecule has 3 N–H and O–H groups in total. The van der Waals surface area contributed by atoms with Gasteiger partial charge < -0.3 is 10.8 Å². The quantitative estimate of drug-likeness (QED) is 0.885. The van der Waals surface area contributed by atoms with Gasteiger partial charge in [0.2, 0.25) is 0 Å². The number of aliphatic hydroxyl groups is 1. The van der Waals surface area contributed by atoms with Crippen LogP contribution in [0.3, 0.4) is 0 Å². The summed E-state index contributed by atoms with van der Waals surface area (Å²) in [5, 5.41) is 11.2. The molecule has 0 radical (unpaired) electrons. The molecule has 0 amide bonds. The largest absolute Gasteiger partial charge is 0.385 e. The van der Waals surface area contributed by atoms with Gasteiger partial charge in [0.05, 0.1) is 5.60 Å². The van der Waals surface area contributed by atoms with Crippen molar-refractivity contribution in [3.8, 4) is 0 Å². The fourth-order valence-corrected chi connectivity index (χ4v) is 3.57. The summed E-state index contributed by atoms with van der Waals surface area (Å²) >= 11 is 0. The Morgan fingerprint density at radius 1 is 1.20 bits per heavy atom. The molecule has 20 heavy (non-hydrogen) atoms. The average molecular weight is 279 g/mol. The van der Waals surface area contributed by atoms with E-state index in [0.717, 1.165) is 25.7 Å². The molecule has 0 spiro atoms. The number of rotatable bonds is 3. The molecule has 3 heteroatoms. The third-order valence-electron chi connectivity index (χ3n) is 5.12. The van der Waals surface area contributed by atoms with Gasteiger partial charge in [-0.05, 0) is 37.5 Å². The van der Waals surface area contributed by atoms with Crippen LogP contribution in [0.15, 0.2) is 24.3 Å². The first-order valence-electron chi connectivity index (χ1n) is 7.70. The van der Waals surface area contributed by atoms with E-state index < -0.39 is 5.60 Å². The van der Waals surface area contributed by atoms with Crippen LogP contribution < -0.4 is 5.73 Å². The summed E-state index contributed by atoms with van der Waals surface area (Å²) in [6, 6.07) is 6.31. The zero-order valence-electron chi connectivity index (χ0n) is 12.4. The number of nitrogens with two attached hydrogens (primary N) is 1. The van der Waals surface area contributed by atoms with Crippen molar-refractivity contribution < 1.29 is 9.50 Å². The van der Waals surface area contributed by atoms with Gasteiger partial charge in [-0.15, -0.1) is 0 Å². The third kappa shape index (κ3) is 2.89. The summed E-state index contributed by atoms with van der Waals surface area (Å²) in [5.41, 5.74) is 5.28. The molecule has 1 aromatic carbocycles. The van der Waals surface area contributed by atoms with Crippen LogP contribution in [0.4, 0.5) is 4.39 Å². The van der Waals surface area contributed by atoms with Crippen LogP contribution in [0.1, 0.15) is 57.4 Å². The molecule has 1 unspecified atom stereocenters. The highest BCUT2D eigenvalue weighted by molar-refractivity contribution is 5.26. The monoisotopic (exact) mass is 279 g/mol. The van der Waals surface area contributed by atoms with Crippen LogP contribution in [0, 0.1) is 11.2 Å². The Morgan fingerprint density at radius 3 is 2.35 bits per heavy atom. The molecular weight excluding hydrogens is 253 g/mol. The Bertz CT molecular complexity index is 436. The lowest BCUT2D eigenvalue weighted by Crippen LogP contribution is -2.49. The fourth-order valence-electron chi connectivity index (χ4n) is 3.57. The molecule has 0 aliphatic heterocycles. The van der Waals surface area contributed by atoms with E-state index in [0.29, 0.717) is 12.1 Å². The highest BCUT2D eigenvalue weighted by Gasteiger charge is 2.46. The van der Waals surface area contributed by atoms with Crippen molar-refractivity contribution >= 4 is 0 Å². The van der Waals surface area contributed by atoms with Crippen molar-refractivity contribution in [1.82, 2.24) is 0 Å². The van der Waals surface area contributed by atoms with Gasteiger partial charge in [-0.1, -0.05) is 44.2 Å². The molecule has 1 aromatic rings. The molecule has 2 nitrogen and oxygen atoms in total. The second-order valence-electron chi connectivity index (χ2n) is 6.33. The first-order valence-corrected chi connectivity index (χ1v) is 7.70. The zero-order chi connectivity index (χ0) is 14.6. The van der Waals surface area contributed by atoms with E-state index in [1.54, 1.807) is 19.1 Å². The first kappa shape index (κ1) is 15.5. The standard InChI is InChI=1S/C17H26FNO/c1-16(20,14-8-7-9-15(18)12-14)17(13-19)10-5-3-2-4-6-11-17/h7-9,12,20H,2-6,10-11,13,19H2,1H3. The molecule has 1 aliphatic carbocycles. The molecule has 0 aromatic heterocycles. The molecular formula is C17H26FNO.